The van der Waals surface area contributed by atoms with Crippen molar-refractivity contribution < 1.29 is 9.53 Å². The summed E-state index contributed by atoms with van der Waals surface area (Å²) in [5.74, 6) is -0.0693. The molecule has 2 aromatic rings. The number of ether oxygens (including phenoxy) is 1. The predicted octanol–water partition coefficient (Wildman–Crippen LogP) is 3.49. The molecule has 0 aliphatic heterocycles. The molecule has 0 saturated heterocycles. The number of hydrogen-bond donors (Lipinski definition) is 2. The van der Waals surface area contributed by atoms with E-state index in [2.05, 4.69) is 36.7 Å². The van der Waals surface area contributed by atoms with Crippen LogP contribution in [0.1, 0.15) is 35.5 Å². The lowest BCUT2D eigenvalue weighted by molar-refractivity contribution is 0.0526. The third-order valence-electron chi connectivity index (χ3n) is 3.02. The summed E-state index contributed by atoms with van der Waals surface area (Å²) in [6.07, 6.45) is 0. The number of rotatable bonds is 5. The highest BCUT2D eigenvalue weighted by Crippen LogP contribution is 2.18. The van der Waals surface area contributed by atoms with Gasteiger partial charge in [-0.25, -0.2) is 4.79 Å². The van der Waals surface area contributed by atoms with Gasteiger partial charge in [0.05, 0.1) is 12.3 Å². The van der Waals surface area contributed by atoms with Crippen molar-refractivity contribution in [2.75, 3.05) is 12.0 Å². The number of anilines is 1. The Balaban J connectivity index is 2.19. The standard InChI is InChI=1S/C15H17BrN4O2/c1-4-22-15(21)13-10(3)18-20-14(13)19-17-9(2)11-5-7-12(16)8-6-11/h5-8H,4H2,1-3H3,(H2,18,19,20)/b17-9-. The van der Waals surface area contributed by atoms with Gasteiger partial charge < -0.3 is 4.74 Å². The molecule has 2 N–H and O–H groups in total. The molecule has 0 amide bonds. The molecule has 0 radical (unpaired) electrons. The van der Waals surface area contributed by atoms with E-state index in [1.165, 1.54) is 0 Å². The average Bonchev–Trinajstić information content (AvgIpc) is 2.86. The molecule has 0 aliphatic rings. The summed E-state index contributed by atoms with van der Waals surface area (Å²) in [6.45, 7) is 5.70. The highest BCUT2D eigenvalue weighted by atomic mass is 79.9. The van der Waals surface area contributed by atoms with Gasteiger partial charge in [0.25, 0.3) is 0 Å². The number of aryl methyl sites for hydroxylation is 1. The SMILES string of the molecule is CCOC(=O)c1c(N/N=C(/C)c2ccc(Br)cc2)n[nH]c1C. The number of carbonyl (C=O) groups excluding carboxylic acids is 1. The van der Waals surface area contributed by atoms with E-state index in [1.807, 2.05) is 31.2 Å². The maximum absolute atomic E-state index is 11.9. The van der Waals surface area contributed by atoms with Gasteiger partial charge in [0.1, 0.15) is 5.56 Å². The number of halogens is 1. The summed E-state index contributed by atoms with van der Waals surface area (Å²) in [5.41, 5.74) is 5.58. The third kappa shape index (κ3) is 3.73. The third-order valence-corrected chi connectivity index (χ3v) is 3.55. The van der Waals surface area contributed by atoms with Gasteiger partial charge >= 0.3 is 5.97 Å². The van der Waals surface area contributed by atoms with Crippen LogP contribution in [-0.4, -0.2) is 28.5 Å². The fourth-order valence-corrected chi connectivity index (χ4v) is 2.12. The molecule has 7 heteroatoms. The van der Waals surface area contributed by atoms with Gasteiger partial charge in [-0.2, -0.15) is 10.2 Å². The quantitative estimate of drug-likeness (QED) is 0.483. The zero-order chi connectivity index (χ0) is 16.1. The first kappa shape index (κ1) is 16.2. The molecule has 0 aliphatic carbocycles. The number of benzene rings is 1. The molecule has 6 nitrogen and oxygen atoms in total. The van der Waals surface area contributed by atoms with Crippen LogP contribution in [0.5, 0.6) is 0 Å². The Morgan fingerprint density at radius 2 is 2.09 bits per heavy atom. The highest BCUT2D eigenvalue weighted by molar-refractivity contribution is 9.10. The van der Waals surface area contributed by atoms with E-state index in [0.717, 1.165) is 15.7 Å². The van der Waals surface area contributed by atoms with Crippen molar-refractivity contribution in [1.29, 1.82) is 0 Å². The van der Waals surface area contributed by atoms with Gasteiger partial charge in [-0.05, 0) is 38.5 Å². The lowest BCUT2D eigenvalue weighted by Crippen LogP contribution is -2.08. The number of carbonyl (C=O) groups is 1. The van der Waals surface area contributed by atoms with Crippen LogP contribution in [0.2, 0.25) is 0 Å². The largest absolute Gasteiger partial charge is 0.462 e. The van der Waals surface area contributed by atoms with Crippen LogP contribution in [-0.2, 0) is 4.74 Å². The topological polar surface area (TPSA) is 79.4 Å². The number of H-pyrrole nitrogens is 1. The molecule has 0 fully saturated rings. The zero-order valence-electron chi connectivity index (χ0n) is 12.6. The molecular formula is C15H17BrN4O2. The Morgan fingerprint density at radius 3 is 2.73 bits per heavy atom. The van der Waals surface area contributed by atoms with Crippen LogP contribution >= 0.6 is 15.9 Å². The summed E-state index contributed by atoms with van der Waals surface area (Å²) < 4.78 is 6.02. The van der Waals surface area contributed by atoms with Crippen LogP contribution < -0.4 is 5.43 Å². The number of esters is 1. The first-order valence-electron chi connectivity index (χ1n) is 6.81. The van der Waals surface area contributed by atoms with E-state index in [-0.39, 0.29) is 0 Å². The summed E-state index contributed by atoms with van der Waals surface area (Å²) in [4.78, 5) is 11.9. The van der Waals surface area contributed by atoms with Crippen molar-refractivity contribution >= 4 is 33.4 Å². The van der Waals surface area contributed by atoms with Gasteiger partial charge in [-0.1, -0.05) is 28.1 Å². The second-order valence-electron chi connectivity index (χ2n) is 4.61. The van der Waals surface area contributed by atoms with Crippen LogP contribution in [0.4, 0.5) is 5.82 Å². The second-order valence-corrected chi connectivity index (χ2v) is 5.52. The van der Waals surface area contributed by atoms with Crippen molar-refractivity contribution in [1.82, 2.24) is 10.2 Å². The summed E-state index contributed by atoms with van der Waals surface area (Å²) >= 11 is 3.39. The van der Waals surface area contributed by atoms with Crippen molar-refractivity contribution in [3.8, 4) is 0 Å². The minimum Gasteiger partial charge on any atom is -0.462 e. The number of nitrogens with one attached hydrogen (secondary N) is 2. The molecule has 116 valence electrons. The second kappa shape index (κ2) is 7.22. The fraction of sp³-hybridized carbons (Fsp3) is 0.267. The molecule has 1 heterocycles. The molecule has 1 aromatic heterocycles. The van der Waals surface area contributed by atoms with E-state index < -0.39 is 5.97 Å². The average molecular weight is 365 g/mol. The van der Waals surface area contributed by atoms with Crippen molar-refractivity contribution in [2.45, 2.75) is 20.8 Å². The van der Waals surface area contributed by atoms with Crippen molar-refractivity contribution in [3.05, 3.63) is 45.6 Å². The molecule has 0 atom stereocenters. The lowest BCUT2D eigenvalue weighted by atomic mass is 10.1. The predicted molar refractivity (Wildman–Crippen MR) is 89.3 cm³/mol. The number of hydrogen-bond acceptors (Lipinski definition) is 5. The summed E-state index contributed by atoms with van der Waals surface area (Å²) in [5, 5.41) is 11.1. The smallest absolute Gasteiger partial charge is 0.343 e. The van der Waals surface area contributed by atoms with E-state index in [0.29, 0.717) is 23.7 Å². The Hall–Kier alpha value is -2.15. The van der Waals surface area contributed by atoms with Crippen molar-refractivity contribution in [2.24, 2.45) is 5.10 Å². The van der Waals surface area contributed by atoms with Gasteiger partial charge in [0.15, 0.2) is 5.82 Å². The molecule has 1 aromatic carbocycles. The number of aromatic nitrogens is 2. The highest BCUT2D eigenvalue weighted by Gasteiger charge is 2.19. The molecule has 0 saturated carbocycles. The van der Waals surface area contributed by atoms with E-state index in [4.69, 9.17) is 4.74 Å². The number of hydrazone groups is 1. The van der Waals surface area contributed by atoms with Crippen LogP contribution in [0.3, 0.4) is 0 Å². The summed E-state index contributed by atoms with van der Waals surface area (Å²) in [6, 6.07) is 7.79. The van der Waals surface area contributed by atoms with Gasteiger partial charge in [-0.15, -0.1) is 0 Å². The molecule has 2 rings (SSSR count). The van der Waals surface area contributed by atoms with Crippen LogP contribution in [0.25, 0.3) is 0 Å². The molecular weight excluding hydrogens is 348 g/mol. The minimum atomic E-state index is -0.423. The first-order valence-corrected chi connectivity index (χ1v) is 7.60. The fourth-order valence-electron chi connectivity index (χ4n) is 1.86. The minimum absolute atomic E-state index is 0.310. The van der Waals surface area contributed by atoms with Gasteiger partial charge in [0, 0.05) is 10.2 Å². The Labute approximate surface area is 137 Å². The van der Waals surface area contributed by atoms with Crippen LogP contribution in [0, 0.1) is 6.92 Å². The Morgan fingerprint density at radius 1 is 1.41 bits per heavy atom. The molecule has 22 heavy (non-hydrogen) atoms. The summed E-state index contributed by atoms with van der Waals surface area (Å²) in [7, 11) is 0. The normalized spacial score (nSPS) is 11.4. The Bertz CT molecular complexity index is 692. The molecule has 0 unspecified atom stereocenters. The number of nitrogens with zero attached hydrogens (tertiary/aromatic N) is 2. The van der Waals surface area contributed by atoms with Crippen LogP contribution in [0.15, 0.2) is 33.8 Å². The molecule has 0 spiro atoms. The first-order chi connectivity index (χ1) is 10.5. The van der Waals surface area contributed by atoms with E-state index in [9.17, 15) is 4.79 Å². The van der Waals surface area contributed by atoms with E-state index >= 15 is 0 Å². The van der Waals surface area contributed by atoms with Crippen molar-refractivity contribution in [3.63, 3.8) is 0 Å². The Kier molecular flexibility index (Phi) is 5.32. The zero-order valence-corrected chi connectivity index (χ0v) is 14.2. The maximum atomic E-state index is 11.9. The monoisotopic (exact) mass is 364 g/mol. The van der Waals surface area contributed by atoms with Gasteiger partial charge in [-0.3, -0.25) is 10.5 Å². The maximum Gasteiger partial charge on any atom is 0.343 e. The lowest BCUT2D eigenvalue weighted by Gasteiger charge is -2.05. The number of aromatic amines is 1. The van der Waals surface area contributed by atoms with Gasteiger partial charge in [0.2, 0.25) is 0 Å². The molecule has 0 bridgehead atoms. The van der Waals surface area contributed by atoms with E-state index in [1.54, 1.807) is 13.8 Å².